The summed E-state index contributed by atoms with van der Waals surface area (Å²) in [7, 11) is 0. The van der Waals surface area contributed by atoms with E-state index >= 15 is 0 Å². The molecule has 1 atom stereocenters. The molecule has 19 heavy (non-hydrogen) atoms. The van der Waals surface area contributed by atoms with Gasteiger partial charge < -0.3 is 10.2 Å². The highest BCUT2D eigenvalue weighted by molar-refractivity contribution is 5.85. The van der Waals surface area contributed by atoms with E-state index in [0.717, 1.165) is 18.7 Å². The van der Waals surface area contributed by atoms with Gasteiger partial charge in [0.15, 0.2) is 11.6 Å². The molecule has 1 saturated heterocycles. The van der Waals surface area contributed by atoms with Crippen molar-refractivity contribution in [1.29, 1.82) is 0 Å². The summed E-state index contributed by atoms with van der Waals surface area (Å²) in [6.45, 7) is 4.09. The molecule has 106 valence electrons. The maximum Gasteiger partial charge on any atom is 0.227 e. The molecule has 6 heteroatoms. The molecule has 3 nitrogen and oxygen atoms in total. The summed E-state index contributed by atoms with van der Waals surface area (Å²) in [5.41, 5.74) is 0.505. The maximum absolute atomic E-state index is 13.0. The van der Waals surface area contributed by atoms with Gasteiger partial charge in [0.1, 0.15) is 0 Å². The zero-order valence-corrected chi connectivity index (χ0v) is 11.5. The molecule has 1 heterocycles. The molecule has 0 aliphatic carbocycles. The van der Waals surface area contributed by atoms with Crippen molar-refractivity contribution in [3.05, 3.63) is 35.4 Å². The number of amides is 1. The SMILES string of the molecule is CC1CN(C(=O)Cc2ccc(F)c(F)c2)CCN1.Cl. The summed E-state index contributed by atoms with van der Waals surface area (Å²) in [6, 6.07) is 3.85. The van der Waals surface area contributed by atoms with E-state index in [1.807, 2.05) is 6.92 Å². The first-order valence-electron chi connectivity index (χ1n) is 6.01. The van der Waals surface area contributed by atoms with Crippen LogP contribution < -0.4 is 5.32 Å². The van der Waals surface area contributed by atoms with Gasteiger partial charge in [0.05, 0.1) is 6.42 Å². The average molecular weight is 291 g/mol. The molecule has 0 bridgehead atoms. The summed E-state index contributed by atoms with van der Waals surface area (Å²) in [4.78, 5) is 13.7. The zero-order chi connectivity index (χ0) is 13.1. The highest BCUT2D eigenvalue weighted by atomic mass is 35.5. The molecule has 1 aliphatic heterocycles. The predicted octanol–water partition coefficient (Wildman–Crippen LogP) is 1.75. The minimum absolute atomic E-state index is 0. The number of carbonyl (C=O) groups excluding carboxylic acids is 1. The van der Waals surface area contributed by atoms with E-state index in [2.05, 4.69) is 5.32 Å². The van der Waals surface area contributed by atoms with Crippen molar-refractivity contribution >= 4 is 18.3 Å². The molecule has 1 aliphatic rings. The Morgan fingerprint density at radius 2 is 2.16 bits per heavy atom. The van der Waals surface area contributed by atoms with E-state index in [0.29, 0.717) is 18.7 Å². The van der Waals surface area contributed by atoms with Gasteiger partial charge in [-0.15, -0.1) is 12.4 Å². The number of nitrogens with one attached hydrogen (secondary N) is 1. The topological polar surface area (TPSA) is 32.3 Å². The molecule has 2 rings (SSSR count). The first-order valence-corrected chi connectivity index (χ1v) is 6.01. The van der Waals surface area contributed by atoms with Crippen molar-refractivity contribution in [2.24, 2.45) is 0 Å². The quantitative estimate of drug-likeness (QED) is 0.900. The third kappa shape index (κ3) is 4.14. The lowest BCUT2D eigenvalue weighted by Crippen LogP contribution is -2.51. The van der Waals surface area contributed by atoms with Crippen molar-refractivity contribution in [3.63, 3.8) is 0 Å². The standard InChI is InChI=1S/C13H16F2N2O.ClH/c1-9-8-17(5-4-16-9)13(18)7-10-2-3-11(14)12(15)6-10;/h2-3,6,9,16H,4-5,7-8H2,1H3;1H. The number of hydrogen-bond acceptors (Lipinski definition) is 2. The van der Waals surface area contributed by atoms with Crippen LogP contribution in [0.3, 0.4) is 0 Å². The smallest absolute Gasteiger partial charge is 0.227 e. The van der Waals surface area contributed by atoms with Gasteiger partial charge in [0, 0.05) is 25.7 Å². The fraction of sp³-hybridized carbons (Fsp3) is 0.462. The summed E-state index contributed by atoms with van der Waals surface area (Å²) in [6.07, 6.45) is 0.115. The lowest BCUT2D eigenvalue weighted by Gasteiger charge is -2.32. The van der Waals surface area contributed by atoms with Crippen LogP contribution in [-0.4, -0.2) is 36.5 Å². The van der Waals surface area contributed by atoms with E-state index in [4.69, 9.17) is 0 Å². The van der Waals surface area contributed by atoms with E-state index in [-0.39, 0.29) is 30.8 Å². The molecular weight excluding hydrogens is 274 g/mol. The molecule has 1 fully saturated rings. The monoisotopic (exact) mass is 290 g/mol. The van der Waals surface area contributed by atoms with Crippen LogP contribution in [0.15, 0.2) is 18.2 Å². The first kappa shape index (κ1) is 15.9. The normalized spacial score (nSPS) is 18.9. The van der Waals surface area contributed by atoms with Crippen molar-refractivity contribution in [3.8, 4) is 0 Å². The fourth-order valence-electron chi connectivity index (χ4n) is 2.09. The largest absolute Gasteiger partial charge is 0.340 e. The van der Waals surface area contributed by atoms with Crippen molar-refractivity contribution < 1.29 is 13.6 Å². The highest BCUT2D eigenvalue weighted by Crippen LogP contribution is 2.11. The van der Waals surface area contributed by atoms with Crippen LogP contribution in [0.5, 0.6) is 0 Å². The average Bonchev–Trinajstić information content (AvgIpc) is 2.34. The van der Waals surface area contributed by atoms with Gasteiger partial charge in [-0.1, -0.05) is 6.07 Å². The summed E-state index contributed by atoms with van der Waals surface area (Å²) in [5, 5.41) is 3.24. The molecule has 1 aromatic rings. The number of rotatable bonds is 2. The van der Waals surface area contributed by atoms with Gasteiger partial charge in [-0.05, 0) is 24.6 Å². The third-order valence-corrected chi connectivity index (χ3v) is 3.06. The third-order valence-electron chi connectivity index (χ3n) is 3.06. The van der Waals surface area contributed by atoms with Crippen LogP contribution in [0, 0.1) is 11.6 Å². The molecule has 1 N–H and O–H groups in total. The Bertz CT molecular complexity index is 456. The van der Waals surface area contributed by atoms with Gasteiger partial charge in [0.25, 0.3) is 0 Å². The fourth-order valence-corrected chi connectivity index (χ4v) is 2.09. The van der Waals surface area contributed by atoms with Crippen LogP contribution in [0.25, 0.3) is 0 Å². The van der Waals surface area contributed by atoms with Gasteiger partial charge in [0.2, 0.25) is 5.91 Å². The second-order valence-corrected chi connectivity index (χ2v) is 4.62. The van der Waals surface area contributed by atoms with Crippen molar-refractivity contribution in [2.75, 3.05) is 19.6 Å². The van der Waals surface area contributed by atoms with E-state index in [1.165, 1.54) is 6.07 Å². The minimum atomic E-state index is -0.908. The Hall–Kier alpha value is -1.20. The second kappa shape index (κ2) is 6.82. The van der Waals surface area contributed by atoms with Gasteiger partial charge in [-0.25, -0.2) is 8.78 Å². The predicted molar refractivity (Wildman–Crippen MR) is 71.4 cm³/mol. The second-order valence-electron chi connectivity index (χ2n) is 4.62. The van der Waals surface area contributed by atoms with Crippen molar-refractivity contribution in [1.82, 2.24) is 10.2 Å². The Balaban J connectivity index is 0.00000180. The van der Waals surface area contributed by atoms with Gasteiger partial charge in [-0.2, -0.15) is 0 Å². The van der Waals surface area contributed by atoms with E-state index in [1.54, 1.807) is 4.90 Å². The first-order chi connectivity index (χ1) is 8.56. The van der Waals surface area contributed by atoms with E-state index < -0.39 is 11.6 Å². The van der Waals surface area contributed by atoms with Crippen LogP contribution in [0.2, 0.25) is 0 Å². The maximum atomic E-state index is 13.0. The number of benzene rings is 1. The molecule has 0 saturated carbocycles. The molecule has 0 spiro atoms. The number of carbonyl (C=O) groups is 1. The van der Waals surface area contributed by atoms with Crippen LogP contribution in [0.1, 0.15) is 12.5 Å². The molecule has 1 aromatic carbocycles. The van der Waals surface area contributed by atoms with Crippen LogP contribution >= 0.6 is 12.4 Å². The Morgan fingerprint density at radius 1 is 1.42 bits per heavy atom. The zero-order valence-electron chi connectivity index (χ0n) is 10.7. The molecule has 0 radical (unpaired) electrons. The summed E-state index contributed by atoms with van der Waals surface area (Å²) >= 11 is 0. The van der Waals surface area contributed by atoms with Gasteiger partial charge in [-0.3, -0.25) is 4.79 Å². The minimum Gasteiger partial charge on any atom is -0.340 e. The molecular formula is C13H17ClF2N2O. The van der Waals surface area contributed by atoms with Crippen LogP contribution in [-0.2, 0) is 11.2 Å². The Morgan fingerprint density at radius 3 is 2.79 bits per heavy atom. The Labute approximate surface area is 117 Å². The lowest BCUT2D eigenvalue weighted by molar-refractivity contribution is -0.131. The summed E-state index contributed by atoms with van der Waals surface area (Å²) < 4.78 is 25.8. The lowest BCUT2D eigenvalue weighted by atomic mass is 10.1. The number of halogens is 3. The van der Waals surface area contributed by atoms with Gasteiger partial charge >= 0.3 is 0 Å². The van der Waals surface area contributed by atoms with Crippen molar-refractivity contribution in [2.45, 2.75) is 19.4 Å². The number of nitrogens with zero attached hydrogens (tertiary/aromatic N) is 1. The highest BCUT2D eigenvalue weighted by Gasteiger charge is 2.20. The molecule has 0 aromatic heterocycles. The van der Waals surface area contributed by atoms with Crippen LogP contribution in [0.4, 0.5) is 8.78 Å². The Kier molecular flexibility index (Phi) is 5.69. The number of hydrogen-bond donors (Lipinski definition) is 1. The van der Waals surface area contributed by atoms with E-state index in [9.17, 15) is 13.6 Å². The molecule has 1 unspecified atom stereocenters. The molecule has 1 amide bonds. The number of piperazine rings is 1. The summed E-state index contributed by atoms with van der Waals surface area (Å²) in [5.74, 6) is -1.84.